The van der Waals surface area contributed by atoms with Gasteiger partial charge in [-0.1, -0.05) is 0 Å². The van der Waals surface area contributed by atoms with E-state index in [1.54, 1.807) is 6.07 Å². The van der Waals surface area contributed by atoms with Crippen LogP contribution in [0, 0.1) is 23.2 Å². The van der Waals surface area contributed by atoms with Gasteiger partial charge in [-0.2, -0.15) is 5.26 Å². The van der Waals surface area contributed by atoms with Gasteiger partial charge >= 0.3 is 6.09 Å². The first-order valence-corrected chi connectivity index (χ1v) is 12.5. The zero-order valence-corrected chi connectivity index (χ0v) is 19.9. The zero-order chi connectivity index (χ0) is 25.9. The standard InChI is InChI=1S/C25H30F2N4O5/c26-25(27)10-8-15(9-11-25)14-36-24(35)30-19-6-4-18-5-7-20(31(18)23(19)34)22(33)29-17(13-28)12-16-2-1-3-21(16)32/h4,6,15-17,20H,1-3,5,7-12,14H2,(H,29,33)(H,30,35). The Hall–Kier alpha value is -3.29. The molecule has 0 bridgehead atoms. The third kappa shape index (κ3) is 5.91. The summed E-state index contributed by atoms with van der Waals surface area (Å²) >= 11 is 0. The Morgan fingerprint density at radius 1 is 1.17 bits per heavy atom. The molecule has 0 saturated heterocycles. The van der Waals surface area contributed by atoms with Crippen molar-refractivity contribution in [3.05, 3.63) is 28.2 Å². The molecule has 194 valence electrons. The minimum absolute atomic E-state index is 0.0156. The summed E-state index contributed by atoms with van der Waals surface area (Å²) in [5.74, 6) is -3.43. The average molecular weight is 505 g/mol. The van der Waals surface area contributed by atoms with Crippen LogP contribution in [0.25, 0.3) is 0 Å². The Morgan fingerprint density at radius 2 is 1.92 bits per heavy atom. The van der Waals surface area contributed by atoms with Crippen LogP contribution in [0.15, 0.2) is 16.9 Å². The molecule has 2 fully saturated rings. The number of pyridine rings is 1. The van der Waals surface area contributed by atoms with E-state index in [1.165, 1.54) is 10.6 Å². The van der Waals surface area contributed by atoms with E-state index < -0.39 is 35.6 Å². The first-order chi connectivity index (χ1) is 17.2. The fraction of sp³-hybridized carbons (Fsp3) is 0.640. The minimum atomic E-state index is -2.66. The van der Waals surface area contributed by atoms with Crippen LogP contribution in [0.5, 0.6) is 0 Å². The summed E-state index contributed by atoms with van der Waals surface area (Å²) in [5, 5.41) is 14.6. The average Bonchev–Trinajstić information content (AvgIpc) is 3.46. The van der Waals surface area contributed by atoms with Crippen molar-refractivity contribution in [2.75, 3.05) is 11.9 Å². The second kappa shape index (κ2) is 10.8. The number of anilines is 1. The Bertz CT molecular complexity index is 1120. The molecule has 3 unspecified atom stereocenters. The smallest absolute Gasteiger partial charge is 0.411 e. The number of aromatic nitrogens is 1. The number of ether oxygens (including phenoxy) is 1. The van der Waals surface area contributed by atoms with Crippen molar-refractivity contribution in [1.82, 2.24) is 9.88 Å². The number of rotatable bonds is 7. The Labute approximate surface area is 207 Å². The fourth-order valence-electron chi connectivity index (χ4n) is 5.33. The van der Waals surface area contributed by atoms with E-state index in [2.05, 4.69) is 10.6 Å². The summed E-state index contributed by atoms with van der Waals surface area (Å²) < 4.78 is 33.0. The fourth-order valence-corrected chi connectivity index (χ4v) is 5.33. The molecule has 3 atom stereocenters. The van der Waals surface area contributed by atoms with Gasteiger partial charge in [0.1, 0.15) is 23.6 Å². The van der Waals surface area contributed by atoms with E-state index in [0.29, 0.717) is 31.4 Å². The number of aryl methyl sites for hydroxylation is 1. The van der Waals surface area contributed by atoms with E-state index in [9.17, 15) is 33.2 Å². The summed E-state index contributed by atoms with van der Waals surface area (Å²) in [6.07, 6.45) is 2.27. The van der Waals surface area contributed by atoms with Crippen molar-refractivity contribution >= 4 is 23.5 Å². The van der Waals surface area contributed by atoms with Crippen molar-refractivity contribution < 1.29 is 27.9 Å². The predicted octanol–water partition coefficient (Wildman–Crippen LogP) is 3.48. The number of nitrogens with zero attached hydrogens (tertiary/aromatic N) is 2. The zero-order valence-electron chi connectivity index (χ0n) is 19.9. The number of amides is 2. The number of hydrogen-bond donors (Lipinski definition) is 2. The number of carbonyl (C=O) groups is 3. The second-order valence-electron chi connectivity index (χ2n) is 9.97. The lowest BCUT2D eigenvalue weighted by Gasteiger charge is -2.27. The molecule has 0 radical (unpaired) electrons. The molecule has 0 spiro atoms. The summed E-state index contributed by atoms with van der Waals surface area (Å²) in [4.78, 5) is 50.2. The number of halogens is 2. The number of fused-ring (bicyclic) bond motifs is 1. The molecule has 2 saturated carbocycles. The molecular weight excluding hydrogens is 474 g/mol. The Kier molecular flexibility index (Phi) is 7.71. The molecule has 1 aliphatic heterocycles. The van der Waals surface area contributed by atoms with Crippen LogP contribution < -0.4 is 16.2 Å². The summed E-state index contributed by atoms with van der Waals surface area (Å²) in [7, 11) is 0. The molecule has 1 aromatic heterocycles. The predicted molar refractivity (Wildman–Crippen MR) is 124 cm³/mol. The van der Waals surface area contributed by atoms with Crippen LogP contribution in [0.4, 0.5) is 19.3 Å². The van der Waals surface area contributed by atoms with Crippen molar-refractivity contribution in [1.29, 1.82) is 5.26 Å². The molecule has 0 aromatic carbocycles. The molecule has 4 rings (SSSR count). The van der Waals surface area contributed by atoms with Crippen molar-refractivity contribution in [3.8, 4) is 6.07 Å². The van der Waals surface area contributed by atoms with Crippen LogP contribution in [0.1, 0.15) is 69.5 Å². The monoisotopic (exact) mass is 504 g/mol. The summed E-state index contributed by atoms with van der Waals surface area (Å²) in [6.45, 7) is -0.0156. The van der Waals surface area contributed by atoms with E-state index in [4.69, 9.17) is 4.74 Å². The lowest BCUT2D eigenvalue weighted by atomic mass is 9.87. The number of alkyl halides is 2. The minimum Gasteiger partial charge on any atom is -0.449 e. The molecule has 9 nitrogen and oxygen atoms in total. The molecule has 11 heteroatoms. The highest BCUT2D eigenvalue weighted by molar-refractivity contribution is 5.85. The first-order valence-electron chi connectivity index (χ1n) is 12.5. The van der Waals surface area contributed by atoms with E-state index in [1.807, 2.05) is 6.07 Å². The molecular formula is C25H30F2N4O5. The first kappa shape index (κ1) is 25.8. The van der Waals surface area contributed by atoms with Crippen LogP contribution in [0.3, 0.4) is 0 Å². The molecule has 2 aliphatic carbocycles. The quantitative estimate of drug-likeness (QED) is 0.585. The highest BCUT2D eigenvalue weighted by Gasteiger charge is 2.36. The number of carbonyl (C=O) groups excluding carboxylic acids is 3. The molecule has 3 aliphatic rings. The largest absolute Gasteiger partial charge is 0.449 e. The van der Waals surface area contributed by atoms with Crippen LogP contribution in [-0.4, -0.2) is 40.9 Å². The molecule has 2 heterocycles. The third-order valence-corrected chi connectivity index (χ3v) is 7.44. The molecule has 2 N–H and O–H groups in total. The normalized spacial score (nSPS) is 24.0. The highest BCUT2D eigenvalue weighted by atomic mass is 19.3. The van der Waals surface area contributed by atoms with Gasteiger partial charge in [0, 0.05) is 30.9 Å². The van der Waals surface area contributed by atoms with Crippen molar-refractivity contribution in [2.45, 2.75) is 82.2 Å². The second-order valence-corrected chi connectivity index (χ2v) is 9.97. The number of Topliss-reactive ketones (excluding diaryl/α,β-unsaturated/α-hetero) is 1. The number of ketones is 1. The number of hydrogen-bond acceptors (Lipinski definition) is 6. The molecule has 36 heavy (non-hydrogen) atoms. The SMILES string of the molecule is N#CC(CC1CCCC1=O)NC(=O)C1CCc2ccc(NC(=O)OCC3CCC(F)(F)CC3)c(=O)n21. The van der Waals surface area contributed by atoms with Gasteiger partial charge in [-0.25, -0.2) is 13.6 Å². The maximum atomic E-state index is 13.3. The van der Waals surface area contributed by atoms with E-state index in [-0.39, 0.29) is 62.0 Å². The Balaban J connectivity index is 1.36. The summed E-state index contributed by atoms with van der Waals surface area (Å²) in [5.41, 5.74) is -0.00687. The lowest BCUT2D eigenvalue weighted by molar-refractivity contribution is -0.125. The van der Waals surface area contributed by atoms with Gasteiger partial charge in [0.15, 0.2) is 0 Å². The maximum Gasteiger partial charge on any atom is 0.411 e. The molecule has 1 aromatic rings. The van der Waals surface area contributed by atoms with Gasteiger partial charge < -0.3 is 10.1 Å². The lowest BCUT2D eigenvalue weighted by Crippen LogP contribution is -2.42. The van der Waals surface area contributed by atoms with Crippen LogP contribution in [-0.2, 0) is 20.7 Å². The maximum absolute atomic E-state index is 13.3. The summed E-state index contributed by atoms with van der Waals surface area (Å²) in [6, 6.07) is 3.45. The van der Waals surface area contributed by atoms with Gasteiger partial charge in [-0.05, 0) is 63.0 Å². The van der Waals surface area contributed by atoms with E-state index in [0.717, 1.165) is 6.42 Å². The van der Waals surface area contributed by atoms with Crippen molar-refractivity contribution in [2.24, 2.45) is 11.8 Å². The van der Waals surface area contributed by atoms with Gasteiger partial charge in [0.05, 0.1) is 12.7 Å². The topological polar surface area (TPSA) is 130 Å². The third-order valence-electron chi connectivity index (χ3n) is 7.44. The van der Waals surface area contributed by atoms with Crippen LogP contribution >= 0.6 is 0 Å². The van der Waals surface area contributed by atoms with Crippen molar-refractivity contribution in [3.63, 3.8) is 0 Å². The molecule has 2 amide bonds. The van der Waals surface area contributed by atoms with Gasteiger partial charge in [-0.15, -0.1) is 0 Å². The number of nitrogens with one attached hydrogen (secondary N) is 2. The number of nitriles is 1. The van der Waals surface area contributed by atoms with Gasteiger partial charge in [0.2, 0.25) is 11.8 Å². The highest BCUT2D eigenvalue weighted by Crippen LogP contribution is 2.36. The van der Waals surface area contributed by atoms with Gasteiger partial charge in [0.25, 0.3) is 5.56 Å². The van der Waals surface area contributed by atoms with E-state index >= 15 is 0 Å². The Morgan fingerprint density at radius 3 is 2.58 bits per heavy atom. The van der Waals surface area contributed by atoms with Gasteiger partial charge in [-0.3, -0.25) is 24.3 Å². The van der Waals surface area contributed by atoms with Crippen LogP contribution in [0.2, 0.25) is 0 Å².